The van der Waals surface area contributed by atoms with Gasteiger partial charge in [-0.1, -0.05) is 36.4 Å². The molecule has 0 bridgehead atoms. The standard InChI is InChI=1S/C19H16N2O5S/c1-13-17(7-4-8-18(13)21(23)24)20-19(22)12-27(25,26)16-10-9-14-5-2-3-6-15(14)11-16/h2-11H,12H2,1H3,(H,20,22). The molecular formula is C19H16N2O5S. The summed E-state index contributed by atoms with van der Waals surface area (Å²) in [6.45, 7) is 1.49. The van der Waals surface area contributed by atoms with E-state index >= 15 is 0 Å². The Kier molecular flexibility index (Phi) is 4.91. The number of nitrogens with one attached hydrogen (secondary N) is 1. The van der Waals surface area contributed by atoms with Crippen LogP contribution in [0.5, 0.6) is 0 Å². The molecule has 27 heavy (non-hydrogen) atoms. The van der Waals surface area contributed by atoms with Gasteiger partial charge in [0.15, 0.2) is 9.84 Å². The van der Waals surface area contributed by atoms with Crippen LogP contribution >= 0.6 is 0 Å². The van der Waals surface area contributed by atoms with Gasteiger partial charge in [-0.05, 0) is 35.9 Å². The molecular weight excluding hydrogens is 368 g/mol. The molecule has 1 amide bonds. The number of amides is 1. The van der Waals surface area contributed by atoms with Crippen LogP contribution in [0.1, 0.15) is 5.56 Å². The molecule has 0 spiro atoms. The van der Waals surface area contributed by atoms with Gasteiger partial charge in [0.25, 0.3) is 5.69 Å². The van der Waals surface area contributed by atoms with Gasteiger partial charge in [0.1, 0.15) is 5.75 Å². The van der Waals surface area contributed by atoms with Gasteiger partial charge in [-0.3, -0.25) is 14.9 Å². The number of hydrogen-bond acceptors (Lipinski definition) is 5. The van der Waals surface area contributed by atoms with E-state index in [1.165, 1.54) is 37.3 Å². The molecule has 0 aliphatic heterocycles. The summed E-state index contributed by atoms with van der Waals surface area (Å²) in [6.07, 6.45) is 0. The highest BCUT2D eigenvalue weighted by atomic mass is 32.2. The van der Waals surface area contributed by atoms with Crippen LogP contribution in [-0.2, 0) is 14.6 Å². The molecule has 0 saturated heterocycles. The maximum Gasteiger partial charge on any atom is 0.274 e. The molecule has 1 N–H and O–H groups in total. The fourth-order valence-corrected chi connectivity index (χ4v) is 3.93. The second-order valence-electron chi connectivity index (χ2n) is 6.02. The van der Waals surface area contributed by atoms with Gasteiger partial charge in [-0.15, -0.1) is 0 Å². The number of rotatable bonds is 5. The Bertz CT molecular complexity index is 1160. The van der Waals surface area contributed by atoms with Crippen LogP contribution in [-0.4, -0.2) is 25.0 Å². The van der Waals surface area contributed by atoms with Crippen LogP contribution in [0.3, 0.4) is 0 Å². The largest absolute Gasteiger partial charge is 0.325 e. The van der Waals surface area contributed by atoms with Crippen LogP contribution in [0, 0.1) is 17.0 Å². The summed E-state index contributed by atoms with van der Waals surface area (Å²) in [4.78, 5) is 22.7. The number of nitrogens with zero attached hydrogens (tertiary/aromatic N) is 1. The van der Waals surface area contributed by atoms with Crippen LogP contribution in [0.25, 0.3) is 10.8 Å². The maximum atomic E-state index is 12.6. The molecule has 7 nitrogen and oxygen atoms in total. The first-order valence-electron chi connectivity index (χ1n) is 8.03. The van der Waals surface area contributed by atoms with Crippen LogP contribution in [0.15, 0.2) is 65.6 Å². The van der Waals surface area contributed by atoms with E-state index in [0.717, 1.165) is 10.8 Å². The average Bonchev–Trinajstić information content (AvgIpc) is 2.62. The molecule has 0 atom stereocenters. The Morgan fingerprint density at radius 3 is 2.44 bits per heavy atom. The molecule has 138 valence electrons. The second-order valence-corrected chi connectivity index (χ2v) is 8.01. The highest BCUT2D eigenvalue weighted by molar-refractivity contribution is 7.92. The molecule has 0 fully saturated rings. The summed E-state index contributed by atoms with van der Waals surface area (Å²) in [5.74, 6) is -1.51. The van der Waals surface area contributed by atoms with Crippen LogP contribution in [0.2, 0.25) is 0 Å². The lowest BCUT2D eigenvalue weighted by atomic mass is 10.1. The topological polar surface area (TPSA) is 106 Å². The minimum Gasteiger partial charge on any atom is -0.325 e. The molecule has 3 rings (SSSR count). The number of anilines is 1. The zero-order chi connectivity index (χ0) is 19.6. The fourth-order valence-electron chi connectivity index (χ4n) is 2.76. The van der Waals surface area contributed by atoms with Gasteiger partial charge >= 0.3 is 0 Å². The number of sulfone groups is 1. The normalized spacial score (nSPS) is 11.3. The first kappa shape index (κ1) is 18.5. The molecule has 8 heteroatoms. The van der Waals surface area contributed by atoms with Crippen LogP contribution < -0.4 is 5.32 Å². The highest BCUT2D eigenvalue weighted by Gasteiger charge is 2.21. The van der Waals surface area contributed by atoms with Crippen molar-refractivity contribution in [1.82, 2.24) is 0 Å². The number of carbonyl (C=O) groups excluding carboxylic acids is 1. The first-order chi connectivity index (χ1) is 12.8. The third-order valence-electron chi connectivity index (χ3n) is 4.18. The Morgan fingerprint density at radius 2 is 1.74 bits per heavy atom. The van der Waals surface area contributed by atoms with Gasteiger partial charge in [0.2, 0.25) is 5.91 Å². The Labute approximate surface area is 155 Å². The summed E-state index contributed by atoms with van der Waals surface area (Å²) in [5, 5.41) is 15.1. The third kappa shape index (κ3) is 3.95. The van der Waals surface area contributed by atoms with E-state index in [9.17, 15) is 23.3 Å². The summed E-state index contributed by atoms with van der Waals surface area (Å²) >= 11 is 0. The molecule has 3 aromatic carbocycles. The second kappa shape index (κ2) is 7.16. The number of fused-ring (bicyclic) bond motifs is 1. The van der Waals surface area contributed by atoms with E-state index in [1.54, 1.807) is 18.2 Å². The van der Waals surface area contributed by atoms with Gasteiger partial charge in [-0.25, -0.2) is 8.42 Å². The molecule has 0 unspecified atom stereocenters. The van der Waals surface area contributed by atoms with Crippen molar-refractivity contribution in [2.24, 2.45) is 0 Å². The number of hydrogen-bond donors (Lipinski definition) is 1. The van der Waals surface area contributed by atoms with Crippen molar-refractivity contribution in [3.8, 4) is 0 Å². The number of benzene rings is 3. The van der Waals surface area contributed by atoms with E-state index in [2.05, 4.69) is 5.32 Å². The summed E-state index contributed by atoms with van der Waals surface area (Å²) in [6, 6.07) is 16.2. The quantitative estimate of drug-likeness (QED) is 0.535. The smallest absolute Gasteiger partial charge is 0.274 e. The molecule has 0 radical (unpaired) electrons. The molecule has 0 aliphatic carbocycles. The van der Waals surface area contributed by atoms with E-state index in [-0.39, 0.29) is 21.8 Å². The summed E-state index contributed by atoms with van der Waals surface area (Å²) in [7, 11) is -3.86. The molecule has 0 saturated carbocycles. The molecule has 0 heterocycles. The fraction of sp³-hybridized carbons (Fsp3) is 0.105. The minimum absolute atomic E-state index is 0.0483. The van der Waals surface area contributed by atoms with Gasteiger partial charge in [0.05, 0.1) is 21.1 Å². The van der Waals surface area contributed by atoms with Crippen molar-refractivity contribution in [3.05, 3.63) is 76.3 Å². The Morgan fingerprint density at radius 1 is 1.04 bits per heavy atom. The van der Waals surface area contributed by atoms with Crippen LogP contribution in [0.4, 0.5) is 11.4 Å². The molecule has 3 aromatic rings. The highest BCUT2D eigenvalue weighted by Crippen LogP contribution is 2.25. The maximum absolute atomic E-state index is 12.6. The first-order valence-corrected chi connectivity index (χ1v) is 9.68. The van der Waals surface area contributed by atoms with Gasteiger partial charge < -0.3 is 5.32 Å². The Balaban J connectivity index is 1.82. The zero-order valence-electron chi connectivity index (χ0n) is 14.4. The monoisotopic (exact) mass is 384 g/mol. The lowest BCUT2D eigenvalue weighted by Gasteiger charge is -2.09. The lowest BCUT2D eigenvalue weighted by Crippen LogP contribution is -2.23. The number of nitro groups is 1. The van der Waals surface area contributed by atoms with Crippen molar-refractivity contribution in [2.75, 3.05) is 11.1 Å². The van der Waals surface area contributed by atoms with Crippen molar-refractivity contribution >= 4 is 37.9 Å². The predicted molar refractivity (Wildman–Crippen MR) is 102 cm³/mol. The zero-order valence-corrected chi connectivity index (χ0v) is 15.2. The lowest BCUT2D eigenvalue weighted by molar-refractivity contribution is -0.385. The minimum atomic E-state index is -3.86. The summed E-state index contributed by atoms with van der Waals surface area (Å²) in [5.41, 5.74) is 0.326. The number of carbonyl (C=O) groups is 1. The van der Waals surface area contributed by atoms with Crippen molar-refractivity contribution < 1.29 is 18.1 Å². The van der Waals surface area contributed by atoms with Crippen molar-refractivity contribution in [3.63, 3.8) is 0 Å². The Hall–Kier alpha value is -3.26. The summed E-state index contributed by atoms with van der Waals surface area (Å²) < 4.78 is 25.1. The SMILES string of the molecule is Cc1c(NC(=O)CS(=O)(=O)c2ccc3ccccc3c2)cccc1[N+](=O)[O-]. The van der Waals surface area contributed by atoms with Crippen molar-refractivity contribution in [2.45, 2.75) is 11.8 Å². The van der Waals surface area contributed by atoms with E-state index in [4.69, 9.17) is 0 Å². The van der Waals surface area contributed by atoms with E-state index < -0.39 is 26.4 Å². The predicted octanol–water partition coefficient (Wildman–Crippen LogP) is 3.47. The van der Waals surface area contributed by atoms with Crippen molar-refractivity contribution in [1.29, 1.82) is 0 Å². The van der Waals surface area contributed by atoms with Gasteiger partial charge in [-0.2, -0.15) is 0 Å². The third-order valence-corrected chi connectivity index (χ3v) is 5.79. The average molecular weight is 384 g/mol. The van der Waals surface area contributed by atoms with E-state index in [1.807, 2.05) is 12.1 Å². The molecule has 0 aromatic heterocycles. The molecule has 0 aliphatic rings. The van der Waals surface area contributed by atoms with E-state index in [0.29, 0.717) is 0 Å². The number of nitro benzene ring substituents is 1. The van der Waals surface area contributed by atoms with Gasteiger partial charge in [0, 0.05) is 6.07 Å².